The number of likely N-dealkylation sites (N-methyl/N-ethyl adjacent to an activating group) is 1. The number of carbonyl (C=O) groups excluding carboxylic acids is 2. The Morgan fingerprint density at radius 1 is 1.25 bits per heavy atom. The number of halogens is 1. The van der Waals surface area contributed by atoms with Crippen LogP contribution in [0.5, 0.6) is 0 Å². The van der Waals surface area contributed by atoms with Gasteiger partial charge in [0, 0.05) is 25.7 Å². The average molecular weight is 346 g/mol. The van der Waals surface area contributed by atoms with Crippen molar-refractivity contribution in [3.8, 4) is 0 Å². The molecular weight excluding hydrogens is 327 g/mol. The molecule has 126 valence electrons. The normalized spacial score (nSPS) is 10.2. The minimum absolute atomic E-state index is 0.0704. The molecule has 1 aromatic carbocycles. The zero-order chi connectivity index (χ0) is 17.5. The van der Waals surface area contributed by atoms with Crippen LogP contribution in [0.4, 0.5) is 4.39 Å². The lowest BCUT2D eigenvalue weighted by Crippen LogP contribution is -2.40. The number of carbonyl (C=O) groups is 2. The molecule has 0 aliphatic heterocycles. The monoisotopic (exact) mass is 346 g/mol. The van der Waals surface area contributed by atoms with Crippen LogP contribution < -0.4 is 0 Å². The Bertz CT molecular complexity index is 716. The maximum atomic E-state index is 13.8. The summed E-state index contributed by atoms with van der Waals surface area (Å²) in [5.41, 5.74) is 0.430. The number of hydrogen-bond donors (Lipinski definition) is 0. The van der Waals surface area contributed by atoms with Crippen molar-refractivity contribution in [2.24, 2.45) is 0 Å². The second-order valence-corrected chi connectivity index (χ2v) is 6.24. The first-order chi connectivity index (χ1) is 11.5. The zero-order valence-corrected chi connectivity index (χ0v) is 14.3. The van der Waals surface area contributed by atoms with Gasteiger partial charge >= 0.3 is 0 Å². The lowest BCUT2D eigenvalue weighted by Gasteiger charge is -2.24. The lowest BCUT2D eigenvalue weighted by atomic mass is 10.2. The molecule has 0 radical (unpaired) electrons. The average Bonchev–Trinajstić information content (AvgIpc) is 3.10. The van der Waals surface area contributed by atoms with Gasteiger partial charge in [-0.1, -0.05) is 30.3 Å². The fourth-order valence-electron chi connectivity index (χ4n) is 2.21. The maximum Gasteiger partial charge on any atom is 0.264 e. The first-order valence-corrected chi connectivity index (χ1v) is 8.32. The van der Waals surface area contributed by atoms with Gasteiger partial charge in [0.25, 0.3) is 5.91 Å². The SMILES string of the molecule is C=CCN(Cc1ccccc1F)C(=O)CN(C)C(=O)c1cccs1. The largest absolute Gasteiger partial charge is 0.333 e. The third-order valence-electron chi connectivity index (χ3n) is 3.47. The van der Waals surface area contributed by atoms with E-state index < -0.39 is 0 Å². The molecule has 0 saturated heterocycles. The van der Waals surface area contributed by atoms with E-state index in [1.807, 2.05) is 5.38 Å². The predicted molar refractivity (Wildman–Crippen MR) is 93.3 cm³/mol. The number of nitrogens with zero attached hydrogens (tertiary/aromatic N) is 2. The number of amides is 2. The zero-order valence-electron chi connectivity index (χ0n) is 13.4. The number of benzene rings is 1. The molecule has 2 rings (SSSR count). The van der Waals surface area contributed by atoms with Crippen LogP contribution in [-0.2, 0) is 11.3 Å². The van der Waals surface area contributed by atoms with Crippen LogP contribution in [0.1, 0.15) is 15.2 Å². The first-order valence-electron chi connectivity index (χ1n) is 7.44. The van der Waals surface area contributed by atoms with Crippen LogP contribution >= 0.6 is 11.3 Å². The summed E-state index contributed by atoms with van der Waals surface area (Å²) >= 11 is 1.33. The molecule has 4 nitrogen and oxygen atoms in total. The highest BCUT2D eigenvalue weighted by Crippen LogP contribution is 2.13. The molecule has 0 aliphatic carbocycles. The van der Waals surface area contributed by atoms with Gasteiger partial charge in [0.05, 0.1) is 11.4 Å². The molecule has 0 N–H and O–H groups in total. The highest BCUT2D eigenvalue weighted by Gasteiger charge is 2.20. The summed E-state index contributed by atoms with van der Waals surface area (Å²) in [4.78, 5) is 28.1. The Morgan fingerprint density at radius 2 is 2.00 bits per heavy atom. The summed E-state index contributed by atoms with van der Waals surface area (Å²) in [5, 5.41) is 1.81. The minimum Gasteiger partial charge on any atom is -0.333 e. The summed E-state index contributed by atoms with van der Waals surface area (Å²) in [5.74, 6) is -0.823. The predicted octanol–water partition coefficient (Wildman–Crippen LogP) is 3.17. The van der Waals surface area contributed by atoms with Crippen molar-refractivity contribution in [2.45, 2.75) is 6.54 Å². The van der Waals surface area contributed by atoms with E-state index in [4.69, 9.17) is 0 Å². The third kappa shape index (κ3) is 4.52. The van der Waals surface area contributed by atoms with E-state index in [-0.39, 0.29) is 37.3 Å². The molecule has 0 spiro atoms. The van der Waals surface area contributed by atoms with Crippen molar-refractivity contribution < 1.29 is 14.0 Å². The second kappa shape index (κ2) is 8.40. The lowest BCUT2D eigenvalue weighted by molar-refractivity contribution is -0.131. The Balaban J connectivity index is 2.04. The van der Waals surface area contributed by atoms with Gasteiger partial charge in [-0.3, -0.25) is 9.59 Å². The Morgan fingerprint density at radius 3 is 2.62 bits per heavy atom. The Hall–Kier alpha value is -2.47. The highest BCUT2D eigenvalue weighted by atomic mass is 32.1. The van der Waals surface area contributed by atoms with E-state index >= 15 is 0 Å². The summed E-state index contributed by atoms with van der Waals surface area (Å²) in [7, 11) is 1.58. The fraction of sp³-hybridized carbons (Fsp3) is 0.222. The molecule has 24 heavy (non-hydrogen) atoms. The maximum absolute atomic E-state index is 13.8. The van der Waals surface area contributed by atoms with Gasteiger partial charge in [-0.15, -0.1) is 17.9 Å². The van der Waals surface area contributed by atoms with Crippen molar-refractivity contribution in [2.75, 3.05) is 20.1 Å². The topological polar surface area (TPSA) is 40.6 Å². The summed E-state index contributed by atoms with van der Waals surface area (Å²) in [6, 6.07) is 9.83. The van der Waals surface area contributed by atoms with Gasteiger partial charge in [0.15, 0.2) is 0 Å². The molecule has 0 saturated carbocycles. The van der Waals surface area contributed by atoms with Crippen molar-refractivity contribution in [1.29, 1.82) is 0 Å². The van der Waals surface area contributed by atoms with E-state index in [1.54, 1.807) is 43.5 Å². The molecule has 1 heterocycles. The van der Waals surface area contributed by atoms with Crippen molar-refractivity contribution in [3.63, 3.8) is 0 Å². The van der Waals surface area contributed by atoms with E-state index in [2.05, 4.69) is 6.58 Å². The van der Waals surface area contributed by atoms with E-state index in [0.717, 1.165) is 0 Å². The summed E-state index contributed by atoms with van der Waals surface area (Å²) in [6.45, 7) is 3.99. The van der Waals surface area contributed by atoms with Gasteiger partial charge < -0.3 is 9.80 Å². The van der Waals surface area contributed by atoms with Crippen LogP contribution in [0.15, 0.2) is 54.4 Å². The second-order valence-electron chi connectivity index (χ2n) is 5.29. The molecule has 0 atom stereocenters. The molecule has 0 bridgehead atoms. The van der Waals surface area contributed by atoms with Gasteiger partial charge in [0.1, 0.15) is 5.82 Å². The molecule has 0 unspecified atom stereocenters. The van der Waals surface area contributed by atoms with Crippen LogP contribution in [0.25, 0.3) is 0 Å². The molecule has 1 aromatic heterocycles. The van der Waals surface area contributed by atoms with E-state index in [1.165, 1.54) is 27.2 Å². The summed E-state index contributed by atoms with van der Waals surface area (Å²) in [6.07, 6.45) is 1.58. The Labute approximate surface area is 144 Å². The van der Waals surface area contributed by atoms with Crippen LogP contribution in [0, 0.1) is 5.82 Å². The van der Waals surface area contributed by atoms with Crippen molar-refractivity contribution in [1.82, 2.24) is 9.80 Å². The highest BCUT2D eigenvalue weighted by molar-refractivity contribution is 7.12. The molecule has 0 fully saturated rings. The standard InChI is InChI=1S/C18H19FN2O2S/c1-3-10-21(12-14-7-4-5-8-15(14)19)17(22)13-20(2)18(23)16-9-6-11-24-16/h3-9,11H,1,10,12-13H2,2H3. The molecular formula is C18H19FN2O2S. The minimum atomic E-state index is -0.359. The van der Waals surface area contributed by atoms with Gasteiger partial charge in [0.2, 0.25) is 5.91 Å². The van der Waals surface area contributed by atoms with Gasteiger partial charge in [-0.2, -0.15) is 0 Å². The van der Waals surface area contributed by atoms with Crippen molar-refractivity contribution in [3.05, 3.63) is 70.7 Å². The Kier molecular flexibility index (Phi) is 6.26. The number of hydrogen-bond acceptors (Lipinski definition) is 3. The quantitative estimate of drug-likeness (QED) is 0.723. The van der Waals surface area contributed by atoms with E-state index in [0.29, 0.717) is 10.4 Å². The fourth-order valence-corrected chi connectivity index (χ4v) is 2.92. The van der Waals surface area contributed by atoms with E-state index in [9.17, 15) is 14.0 Å². The first kappa shape index (κ1) is 17.9. The summed E-state index contributed by atoms with van der Waals surface area (Å²) < 4.78 is 13.8. The number of rotatable bonds is 7. The number of thiophene rings is 1. The third-order valence-corrected chi connectivity index (χ3v) is 4.33. The molecule has 2 aromatic rings. The van der Waals surface area contributed by atoms with Crippen LogP contribution in [0.3, 0.4) is 0 Å². The van der Waals surface area contributed by atoms with Gasteiger partial charge in [-0.25, -0.2) is 4.39 Å². The van der Waals surface area contributed by atoms with Gasteiger partial charge in [-0.05, 0) is 17.5 Å². The van der Waals surface area contributed by atoms with Crippen LogP contribution in [-0.4, -0.2) is 41.8 Å². The molecule has 2 amide bonds. The van der Waals surface area contributed by atoms with Crippen molar-refractivity contribution >= 4 is 23.2 Å². The smallest absolute Gasteiger partial charge is 0.264 e. The molecule has 0 aliphatic rings. The molecule has 6 heteroatoms. The van der Waals surface area contributed by atoms with Crippen LogP contribution in [0.2, 0.25) is 0 Å².